The van der Waals surface area contributed by atoms with E-state index in [9.17, 15) is 43.9 Å². The van der Waals surface area contributed by atoms with Crippen molar-refractivity contribution in [2.75, 3.05) is 0 Å². The molecule has 0 amide bonds. The van der Waals surface area contributed by atoms with E-state index in [0.29, 0.717) is 54.8 Å². The molecule has 0 spiro atoms. The number of hydrogen-bond acceptors (Lipinski definition) is 1. The minimum atomic E-state index is -4.31. The summed E-state index contributed by atoms with van der Waals surface area (Å²) in [6.07, 6.45) is -1.91. The molecule has 224 valence electrons. The Balaban J connectivity index is 1.55. The van der Waals surface area contributed by atoms with E-state index >= 15 is 0 Å². The summed E-state index contributed by atoms with van der Waals surface area (Å²) in [4.78, 5) is 0. The largest absolute Gasteiger partial charge is 0.429 e. The van der Waals surface area contributed by atoms with E-state index in [1.165, 1.54) is 6.07 Å². The molecule has 0 aliphatic rings. The lowest BCUT2D eigenvalue weighted by molar-refractivity contribution is -0.187. The second-order valence-electron chi connectivity index (χ2n) is 9.09. The molecule has 4 aromatic rings. The predicted octanol–water partition coefficient (Wildman–Crippen LogP) is 8.85. The lowest BCUT2D eigenvalue weighted by Crippen LogP contribution is -2.23. The molecule has 4 aromatic carbocycles. The molecule has 0 aromatic heterocycles. The summed E-state index contributed by atoms with van der Waals surface area (Å²) in [5.74, 6) is -4.46. The fourth-order valence-corrected chi connectivity index (χ4v) is 3.81. The topological polar surface area (TPSA) is 9.23 Å². The van der Waals surface area contributed by atoms with E-state index in [1.54, 1.807) is 6.08 Å². The average Bonchev–Trinajstić information content (AvgIpc) is 2.93. The first kappa shape index (κ1) is 31.8. The van der Waals surface area contributed by atoms with Crippen LogP contribution in [0.25, 0.3) is 0 Å². The lowest BCUT2D eigenvalue weighted by atomic mass is 10.1. The minimum absolute atomic E-state index is 0.353. The van der Waals surface area contributed by atoms with Gasteiger partial charge in [0, 0.05) is 23.3 Å². The van der Waals surface area contributed by atoms with Crippen molar-refractivity contribution in [3.63, 3.8) is 0 Å². The summed E-state index contributed by atoms with van der Waals surface area (Å²) in [7, 11) is 0. The van der Waals surface area contributed by atoms with Crippen LogP contribution in [0.15, 0.2) is 67.3 Å². The molecule has 4 rings (SSSR count). The van der Waals surface area contributed by atoms with Crippen LogP contribution in [0.3, 0.4) is 0 Å². The lowest BCUT2D eigenvalue weighted by Gasteiger charge is -2.19. The summed E-state index contributed by atoms with van der Waals surface area (Å²) >= 11 is 0. The Labute approximate surface area is 244 Å². The molecule has 0 aliphatic heterocycles. The second kappa shape index (κ2) is 13.0. The molecule has 0 atom stereocenters. The SMILES string of the molecule is C=CCCc1ccc(C(F)(F)Oc2cc(F)c(C#Cc3cc(F)c(C#Cc4cc(F)c(F)c(F)c4)c(F)c3)c(F)c2)c(F)c1. The van der Waals surface area contributed by atoms with E-state index < -0.39 is 86.2 Å². The van der Waals surface area contributed by atoms with Crippen molar-refractivity contribution in [2.24, 2.45) is 0 Å². The van der Waals surface area contributed by atoms with Gasteiger partial charge in [0.15, 0.2) is 17.5 Å². The van der Waals surface area contributed by atoms with Gasteiger partial charge in [-0.3, -0.25) is 0 Å². The molecule has 0 N–H and O–H groups in total. The molecule has 0 saturated heterocycles. The molecule has 44 heavy (non-hydrogen) atoms. The molecule has 0 unspecified atom stereocenters. The van der Waals surface area contributed by atoms with Crippen molar-refractivity contribution in [2.45, 2.75) is 19.0 Å². The number of allylic oxidation sites excluding steroid dienone is 1. The maximum atomic E-state index is 14.7. The van der Waals surface area contributed by atoms with Gasteiger partial charge in [0.05, 0.1) is 16.7 Å². The highest BCUT2D eigenvalue weighted by Crippen LogP contribution is 2.35. The summed E-state index contributed by atoms with van der Waals surface area (Å²) < 4.78 is 146. The quantitative estimate of drug-likeness (QED) is 0.0909. The van der Waals surface area contributed by atoms with Gasteiger partial charge in [0.1, 0.15) is 34.8 Å². The first-order valence-corrected chi connectivity index (χ1v) is 12.4. The van der Waals surface area contributed by atoms with Gasteiger partial charge in [-0.25, -0.2) is 35.1 Å². The van der Waals surface area contributed by atoms with Crippen LogP contribution >= 0.6 is 0 Å². The highest BCUT2D eigenvalue weighted by molar-refractivity contribution is 5.50. The van der Waals surface area contributed by atoms with E-state index in [4.69, 9.17) is 0 Å². The number of hydrogen-bond donors (Lipinski definition) is 0. The zero-order chi connectivity index (χ0) is 32.2. The Bertz CT molecular complexity index is 1820. The van der Waals surface area contributed by atoms with Crippen molar-refractivity contribution in [1.82, 2.24) is 0 Å². The molecule has 0 heterocycles. The summed E-state index contributed by atoms with van der Waals surface area (Å²) in [5.41, 5.74) is -3.38. The molecule has 0 bridgehead atoms. The van der Waals surface area contributed by atoms with Crippen molar-refractivity contribution in [3.8, 4) is 29.4 Å². The minimum Gasteiger partial charge on any atom is -0.429 e. The number of ether oxygens (including phenoxy) is 1. The van der Waals surface area contributed by atoms with Gasteiger partial charge < -0.3 is 4.74 Å². The first-order valence-electron chi connectivity index (χ1n) is 12.4. The first-order chi connectivity index (χ1) is 20.8. The van der Waals surface area contributed by atoms with E-state index in [1.807, 2.05) is 11.8 Å². The number of aryl methyl sites for hydroxylation is 1. The molecular formula is C33H16F10O. The maximum Gasteiger partial charge on any atom is 0.429 e. The molecular weight excluding hydrogens is 602 g/mol. The van der Waals surface area contributed by atoms with Crippen molar-refractivity contribution in [1.29, 1.82) is 0 Å². The van der Waals surface area contributed by atoms with Crippen molar-refractivity contribution in [3.05, 3.63) is 147 Å². The number of rotatable bonds is 6. The maximum absolute atomic E-state index is 14.7. The van der Waals surface area contributed by atoms with Gasteiger partial charge in [0.2, 0.25) is 0 Å². The van der Waals surface area contributed by atoms with Gasteiger partial charge in [-0.1, -0.05) is 35.8 Å². The zero-order valence-electron chi connectivity index (χ0n) is 22.1. The number of halogens is 10. The summed E-state index contributed by atoms with van der Waals surface area (Å²) in [6, 6.07) is 6.00. The average molecular weight is 618 g/mol. The third-order valence-electron chi connectivity index (χ3n) is 5.94. The summed E-state index contributed by atoms with van der Waals surface area (Å²) in [5, 5.41) is 0. The summed E-state index contributed by atoms with van der Waals surface area (Å²) in [6.45, 7) is 3.52. The number of alkyl halides is 2. The predicted molar refractivity (Wildman–Crippen MR) is 140 cm³/mol. The highest BCUT2D eigenvalue weighted by atomic mass is 19.3. The van der Waals surface area contributed by atoms with Gasteiger partial charge >= 0.3 is 6.11 Å². The van der Waals surface area contributed by atoms with E-state index in [-0.39, 0.29) is 0 Å². The molecule has 11 heteroatoms. The van der Waals surface area contributed by atoms with Gasteiger partial charge in [0.25, 0.3) is 0 Å². The number of benzene rings is 4. The zero-order valence-corrected chi connectivity index (χ0v) is 22.1. The third-order valence-corrected chi connectivity index (χ3v) is 5.94. The molecule has 0 fully saturated rings. The van der Waals surface area contributed by atoms with Crippen LogP contribution < -0.4 is 4.74 Å². The molecule has 0 aliphatic carbocycles. The third kappa shape index (κ3) is 7.24. The van der Waals surface area contributed by atoms with Crippen LogP contribution in [0.2, 0.25) is 0 Å². The normalized spacial score (nSPS) is 10.9. The monoisotopic (exact) mass is 618 g/mol. The van der Waals surface area contributed by atoms with Crippen molar-refractivity contribution >= 4 is 0 Å². The highest BCUT2D eigenvalue weighted by Gasteiger charge is 2.38. The molecule has 1 nitrogen and oxygen atoms in total. The van der Waals surface area contributed by atoms with Crippen LogP contribution in [0, 0.1) is 70.2 Å². The Morgan fingerprint density at radius 2 is 1.09 bits per heavy atom. The van der Waals surface area contributed by atoms with E-state index in [2.05, 4.69) is 23.2 Å². The fraction of sp³-hybridized carbons (Fsp3) is 0.0909. The van der Waals surface area contributed by atoms with Gasteiger partial charge in [-0.05, 0) is 54.8 Å². The van der Waals surface area contributed by atoms with E-state index in [0.717, 1.165) is 12.1 Å². The Morgan fingerprint density at radius 1 is 0.614 bits per heavy atom. The van der Waals surface area contributed by atoms with Crippen LogP contribution in [0.4, 0.5) is 43.9 Å². The van der Waals surface area contributed by atoms with Crippen molar-refractivity contribution < 1.29 is 48.6 Å². The van der Waals surface area contributed by atoms with Crippen LogP contribution in [0.1, 0.15) is 39.8 Å². The standard InChI is InChI=1S/C33H16F10O/c1-2-3-4-18-7-10-24(29(38)11-18)33(42,43)44-21-16-27(36)23(28(37)17-21)9-5-19-12-25(34)22(26(35)13-19)8-6-20-14-30(39)32(41)31(40)15-20/h2,7,10-17H,1,3-4H2. The second-order valence-corrected chi connectivity index (χ2v) is 9.09. The molecule has 0 saturated carbocycles. The smallest absolute Gasteiger partial charge is 0.429 e. The van der Waals surface area contributed by atoms with Crippen LogP contribution in [-0.4, -0.2) is 0 Å². The van der Waals surface area contributed by atoms with Gasteiger partial charge in [-0.2, -0.15) is 8.78 Å². The fourth-order valence-electron chi connectivity index (χ4n) is 3.81. The van der Waals surface area contributed by atoms with Crippen LogP contribution in [0.5, 0.6) is 5.75 Å². The Hall–Kier alpha value is -5.16. The Morgan fingerprint density at radius 3 is 1.57 bits per heavy atom. The van der Waals surface area contributed by atoms with Crippen LogP contribution in [-0.2, 0) is 12.5 Å². The van der Waals surface area contributed by atoms with Gasteiger partial charge in [-0.15, -0.1) is 6.58 Å². The molecule has 0 radical (unpaired) electrons. The Kier molecular flexibility index (Phi) is 9.39.